The quantitative estimate of drug-likeness (QED) is 0.165. The first kappa shape index (κ1) is 42.0. The molecule has 0 aromatic heterocycles. The van der Waals surface area contributed by atoms with Crippen LogP contribution in [0.15, 0.2) is 99.9 Å². The van der Waals surface area contributed by atoms with Crippen LogP contribution in [-0.2, 0) is 35.5 Å². The standard InChI is InChI=1S/C21H25.C12H19.2C6H4Cl.CH2.2ClH.Zr/c1-20(2,3)16-7-9-18-14(12-16)11-15-13-17(21(4,5)6)8-10-19(15)18;1-9(2)10-6-7-11(8-10)12(3,4)5;2*7-6-4-2-1-3-5-6;;;;/h7-10,12H,11H2,1-6H3;7-10H,1-5H3;2*2-5H;1H2;2*1H;. The van der Waals surface area contributed by atoms with Gasteiger partial charge in [0, 0.05) is 0 Å². The third-order valence-corrected chi connectivity index (χ3v) is 28.3. The van der Waals surface area contributed by atoms with E-state index in [9.17, 15) is 0 Å². The Morgan fingerprint density at radius 2 is 1.18 bits per heavy atom. The maximum atomic E-state index is 6.71. The van der Waals surface area contributed by atoms with E-state index in [1.807, 2.05) is 0 Å². The van der Waals surface area contributed by atoms with E-state index in [1.165, 1.54) is 52.0 Å². The summed E-state index contributed by atoms with van der Waals surface area (Å²) in [6.45, 7) is 25.9. The van der Waals surface area contributed by atoms with Gasteiger partial charge in [-0.15, -0.1) is 24.8 Å². The molecule has 0 amide bonds. The van der Waals surface area contributed by atoms with Gasteiger partial charge in [0.15, 0.2) is 0 Å². The molecular weight excluding hydrogens is 786 g/mol. The summed E-state index contributed by atoms with van der Waals surface area (Å²) in [5, 5.41) is 1.49. The molecule has 51 heavy (non-hydrogen) atoms. The van der Waals surface area contributed by atoms with Gasteiger partial charge in [-0.05, 0) is 0 Å². The second kappa shape index (κ2) is 14.2. The Morgan fingerprint density at radius 1 is 0.667 bits per heavy atom. The van der Waals surface area contributed by atoms with Crippen molar-refractivity contribution >= 4 is 62.0 Å². The third-order valence-electron chi connectivity index (χ3n) is 11.5. The van der Waals surface area contributed by atoms with E-state index in [2.05, 4.69) is 167 Å². The van der Waals surface area contributed by atoms with E-state index in [0.29, 0.717) is 5.92 Å². The molecule has 0 spiro atoms. The number of rotatable bonds is 5. The van der Waals surface area contributed by atoms with E-state index in [1.54, 1.807) is 0 Å². The Hall–Kier alpha value is -1.73. The Labute approximate surface area is 331 Å². The van der Waals surface area contributed by atoms with Gasteiger partial charge in [0.1, 0.15) is 0 Å². The SMILES string of the molecule is Cl.Cl.[CH2]=[Zr]([C]1=CC(C(C)(C)C)=CC1C(C)C)([c]1ccc(Cl)cc1)([c]1ccc(Cl)cc1)[c]1c(C(C)(C)C)ccc2c1Cc1cc(C(C)(C)C)ccc1-2. The van der Waals surface area contributed by atoms with Gasteiger partial charge in [-0.1, -0.05) is 0 Å². The van der Waals surface area contributed by atoms with Crippen LogP contribution in [0.4, 0.5) is 0 Å². The topological polar surface area (TPSA) is 0 Å². The van der Waals surface area contributed by atoms with Gasteiger partial charge < -0.3 is 0 Å². The maximum absolute atomic E-state index is 6.71. The zero-order valence-corrected chi connectivity index (χ0v) is 37.9. The zero-order valence-electron chi connectivity index (χ0n) is 32.3. The molecular formula is C46H56Cl4Zr. The molecule has 2 aliphatic carbocycles. The molecule has 0 nitrogen and oxygen atoms in total. The summed E-state index contributed by atoms with van der Waals surface area (Å²) in [7, 11) is 0. The van der Waals surface area contributed by atoms with Gasteiger partial charge in [0.25, 0.3) is 0 Å². The first-order valence-electron chi connectivity index (χ1n) is 18.0. The summed E-state index contributed by atoms with van der Waals surface area (Å²) in [6.07, 6.45) is 6.07. The zero-order chi connectivity index (χ0) is 35.9. The number of fused-ring (bicyclic) bond motifs is 3. The van der Waals surface area contributed by atoms with Crippen molar-refractivity contribution in [2.45, 2.75) is 93.4 Å². The van der Waals surface area contributed by atoms with Gasteiger partial charge >= 0.3 is 309 Å². The number of hydrogen-bond donors (Lipinski definition) is 0. The predicted molar refractivity (Wildman–Crippen MR) is 229 cm³/mol. The molecule has 5 heteroatoms. The van der Waals surface area contributed by atoms with Gasteiger partial charge in [-0.3, -0.25) is 0 Å². The first-order valence-corrected chi connectivity index (χ1v) is 25.4. The predicted octanol–water partition coefficient (Wildman–Crippen LogP) is 12.5. The summed E-state index contributed by atoms with van der Waals surface area (Å²) in [5.41, 5.74) is 9.69. The van der Waals surface area contributed by atoms with Crippen LogP contribution in [0, 0.1) is 17.3 Å². The van der Waals surface area contributed by atoms with E-state index < -0.39 is 18.3 Å². The molecule has 4 aromatic carbocycles. The fourth-order valence-corrected chi connectivity index (χ4v) is 26.8. The molecule has 0 N–H and O–H groups in total. The van der Waals surface area contributed by atoms with Crippen LogP contribution in [-0.4, -0.2) is 4.21 Å². The normalized spacial score (nSPS) is 16.2. The Balaban J connectivity index is 0.00000292. The van der Waals surface area contributed by atoms with Crippen molar-refractivity contribution in [3.63, 3.8) is 0 Å². The first-order chi connectivity index (χ1) is 22.7. The minimum atomic E-state index is -5.24. The van der Waals surface area contributed by atoms with E-state index in [-0.39, 0.29) is 47.0 Å². The fourth-order valence-electron chi connectivity index (χ4n) is 8.71. The van der Waals surface area contributed by atoms with E-state index in [0.717, 1.165) is 16.5 Å². The molecule has 0 radical (unpaired) electrons. The van der Waals surface area contributed by atoms with Crippen molar-refractivity contribution in [1.82, 2.24) is 0 Å². The summed E-state index contributed by atoms with van der Waals surface area (Å²) >= 11 is 8.19. The molecule has 0 saturated heterocycles. The summed E-state index contributed by atoms with van der Waals surface area (Å²) in [6, 6.07) is 29.7. The van der Waals surface area contributed by atoms with Crippen LogP contribution >= 0.6 is 48.0 Å². The van der Waals surface area contributed by atoms with Crippen LogP contribution in [0.5, 0.6) is 0 Å². The van der Waals surface area contributed by atoms with Crippen LogP contribution in [0.3, 0.4) is 0 Å². The number of hydrogen-bond acceptors (Lipinski definition) is 0. The number of benzene rings is 4. The van der Waals surface area contributed by atoms with Crippen LogP contribution in [0.2, 0.25) is 10.0 Å². The van der Waals surface area contributed by atoms with Crippen molar-refractivity contribution in [3.8, 4) is 11.1 Å². The average molecular weight is 842 g/mol. The average Bonchev–Trinajstić information content (AvgIpc) is 3.63. The van der Waals surface area contributed by atoms with Gasteiger partial charge in [-0.2, -0.15) is 0 Å². The second-order valence-corrected chi connectivity index (χ2v) is 31.8. The van der Waals surface area contributed by atoms with Crippen molar-refractivity contribution in [1.29, 1.82) is 0 Å². The fraction of sp³-hybridized carbons (Fsp3) is 0.370. The van der Waals surface area contributed by atoms with Crippen molar-refractivity contribution < 1.29 is 18.3 Å². The monoisotopic (exact) mass is 838 g/mol. The van der Waals surface area contributed by atoms with Crippen molar-refractivity contribution in [2.24, 2.45) is 17.3 Å². The van der Waals surface area contributed by atoms with Crippen molar-refractivity contribution in [2.75, 3.05) is 0 Å². The Kier molecular flexibility index (Phi) is 11.7. The Bertz CT molecular complexity index is 2020. The minimum absolute atomic E-state index is 0. The van der Waals surface area contributed by atoms with Crippen molar-refractivity contribution in [3.05, 3.63) is 132 Å². The number of halogens is 4. The van der Waals surface area contributed by atoms with Crippen LogP contribution in [0.1, 0.15) is 98.4 Å². The van der Waals surface area contributed by atoms with Crippen LogP contribution < -0.4 is 9.81 Å². The molecule has 0 aliphatic heterocycles. The van der Waals surface area contributed by atoms with Gasteiger partial charge in [-0.25, -0.2) is 0 Å². The summed E-state index contributed by atoms with van der Waals surface area (Å²) in [5.74, 6) is 0.630. The molecule has 2 aliphatic rings. The molecule has 272 valence electrons. The molecule has 6 rings (SSSR count). The molecule has 0 fully saturated rings. The molecule has 0 bridgehead atoms. The summed E-state index contributed by atoms with van der Waals surface area (Å²) in [4.78, 5) is 0. The summed E-state index contributed by atoms with van der Waals surface area (Å²) < 4.78 is 11.5. The van der Waals surface area contributed by atoms with E-state index in [4.69, 9.17) is 27.4 Å². The Morgan fingerprint density at radius 3 is 1.63 bits per heavy atom. The van der Waals surface area contributed by atoms with Crippen LogP contribution in [0.25, 0.3) is 11.1 Å². The number of allylic oxidation sites excluding steroid dienone is 4. The molecule has 1 atom stereocenters. The molecule has 0 heterocycles. The van der Waals surface area contributed by atoms with Gasteiger partial charge in [0.05, 0.1) is 0 Å². The second-order valence-electron chi connectivity index (χ2n) is 18.3. The van der Waals surface area contributed by atoms with E-state index >= 15 is 0 Å². The molecule has 4 aromatic rings. The van der Waals surface area contributed by atoms with Gasteiger partial charge in [0.2, 0.25) is 0 Å². The third kappa shape index (κ3) is 6.91. The molecule has 1 unspecified atom stereocenters. The molecule has 0 saturated carbocycles.